The molecule has 4 heteroatoms. The van der Waals surface area contributed by atoms with Gasteiger partial charge in [0.1, 0.15) is 5.82 Å². The van der Waals surface area contributed by atoms with Gasteiger partial charge in [0.25, 0.3) is 0 Å². The summed E-state index contributed by atoms with van der Waals surface area (Å²) in [5.74, 6) is -0.267. The third-order valence-corrected chi connectivity index (χ3v) is 4.84. The van der Waals surface area contributed by atoms with Crippen LogP contribution in [0.1, 0.15) is 39.7 Å². The van der Waals surface area contributed by atoms with Gasteiger partial charge >= 0.3 is 0 Å². The molecule has 0 saturated carbocycles. The van der Waals surface area contributed by atoms with Gasteiger partial charge in [0.2, 0.25) is 0 Å². The number of nitrogens with zero attached hydrogens (tertiary/aromatic N) is 1. The molecule has 0 aromatic heterocycles. The Balaban J connectivity index is 2.94. The van der Waals surface area contributed by atoms with Crippen molar-refractivity contribution in [1.29, 1.82) is 0 Å². The molecule has 0 amide bonds. The maximum Gasteiger partial charge on any atom is 0.127 e. The number of rotatable bonds is 7. The van der Waals surface area contributed by atoms with E-state index < -0.39 is 6.10 Å². The highest BCUT2D eigenvalue weighted by Crippen LogP contribution is 2.27. The molecule has 2 unspecified atom stereocenters. The van der Waals surface area contributed by atoms with Gasteiger partial charge in [-0.05, 0) is 44.1 Å². The molecule has 114 valence electrons. The molecule has 1 aromatic rings. The summed E-state index contributed by atoms with van der Waals surface area (Å²) < 4.78 is 14.6. The molecule has 1 aromatic carbocycles. The summed E-state index contributed by atoms with van der Waals surface area (Å²) in [5.41, 5.74) is 0.232. The molecule has 1 rings (SSSR count). The van der Waals surface area contributed by atoms with E-state index in [-0.39, 0.29) is 11.4 Å². The summed E-state index contributed by atoms with van der Waals surface area (Å²) in [6, 6.07) is 5.00. The van der Waals surface area contributed by atoms with Crippen molar-refractivity contribution >= 4 is 15.9 Å². The Labute approximate surface area is 130 Å². The second-order valence-corrected chi connectivity index (χ2v) is 6.25. The number of aliphatic hydroxyl groups is 1. The van der Waals surface area contributed by atoms with E-state index in [1.807, 2.05) is 6.07 Å². The van der Waals surface area contributed by atoms with Gasteiger partial charge in [0.15, 0.2) is 0 Å². The smallest absolute Gasteiger partial charge is 0.127 e. The molecular formula is C16H25BrFNO. The summed E-state index contributed by atoms with van der Waals surface area (Å²) in [6.45, 7) is 10.1. The summed E-state index contributed by atoms with van der Waals surface area (Å²) >= 11 is 3.25. The normalized spacial score (nSPS) is 16.2. The first-order valence-electron chi connectivity index (χ1n) is 7.26. The molecule has 0 spiro atoms. The number of hydrogen-bond donors (Lipinski definition) is 1. The van der Waals surface area contributed by atoms with E-state index in [2.05, 4.69) is 48.5 Å². The minimum Gasteiger partial charge on any atom is -0.391 e. The summed E-state index contributed by atoms with van der Waals surface area (Å²) in [7, 11) is 0. The molecule has 0 saturated heterocycles. The molecule has 0 radical (unpaired) electrons. The lowest BCUT2D eigenvalue weighted by Gasteiger charge is -2.43. The fourth-order valence-corrected chi connectivity index (χ4v) is 3.06. The number of likely N-dealkylation sites (N-methyl/N-ethyl adjacent to an activating group) is 1. The topological polar surface area (TPSA) is 23.5 Å². The van der Waals surface area contributed by atoms with Crippen molar-refractivity contribution in [3.8, 4) is 0 Å². The first kappa shape index (κ1) is 17.6. The van der Waals surface area contributed by atoms with Crippen LogP contribution >= 0.6 is 15.9 Å². The average molecular weight is 346 g/mol. The first-order valence-corrected chi connectivity index (χ1v) is 8.05. The van der Waals surface area contributed by atoms with Crippen LogP contribution in [0.25, 0.3) is 0 Å². The molecular weight excluding hydrogens is 321 g/mol. The van der Waals surface area contributed by atoms with Crippen molar-refractivity contribution in [1.82, 2.24) is 4.90 Å². The van der Waals surface area contributed by atoms with E-state index in [0.717, 1.165) is 24.0 Å². The Morgan fingerprint density at radius 1 is 1.30 bits per heavy atom. The monoisotopic (exact) mass is 345 g/mol. The third-order valence-electron chi connectivity index (χ3n) is 4.35. The van der Waals surface area contributed by atoms with Crippen molar-refractivity contribution in [3.05, 3.63) is 34.1 Å². The summed E-state index contributed by atoms with van der Waals surface area (Å²) in [4.78, 5) is 2.24. The van der Waals surface area contributed by atoms with Gasteiger partial charge in [-0.3, -0.25) is 4.90 Å². The first-order chi connectivity index (χ1) is 9.38. The zero-order chi connectivity index (χ0) is 15.3. The Kier molecular flexibility index (Phi) is 6.62. The van der Waals surface area contributed by atoms with Crippen molar-refractivity contribution in [2.24, 2.45) is 0 Å². The molecule has 0 bridgehead atoms. The predicted octanol–water partition coefficient (Wildman–Crippen LogP) is 4.00. The highest BCUT2D eigenvalue weighted by Gasteiger charge is 2.36. The van der Waals surface area contributed by atoms with Gasteiger partial charge in [0, 0.05) is 16.4 Å². The standard InChI is InChI=1S/C16H25BrFNO/c1-5-16(4,19(6-2)7-3)15(20)10-12-8-9-13(17)11-14(12)18/h8-9,11,15,20H,5-7,10H2,1-4H3. The highest BCUT2D eigenvalue weighted by molar-refractivity contribution is 9.10. The fourth-order valence-electron chi connectivity index (χ4n) is 2.73. The maximum atomic E-state index is 13.9. The number of benzene rings is 1. The van der Waals surface area contributed by atoms with E-state index in [0.29, 0.717) is 12.0 Å². The van der Waals surface area contributed by atoms with Crippen molar-refractivity contribution in [2.75, 3.05) is 13.1 Å². The minimum absolute atomic E-state index is 0.267. The van der Waals surface area contributed by atoms with E-state index in [1.54, 1.807) is 6.07 Å². The number of halogens is 2. The molecule has 2 atom stereocenters. The molecule has 1 N–H and O–H groups in total. The summed E-state index contributed by atoms with van der Waals surface area (Å²) in [5, 5.41) is 10.6. The maximum absolute atomic E-state index is 13.9. The largest absolute Gasteiger partial charge is 0.391 e. The lowest BCUT2D eigenvalue weighted by molar-refractivity contribution is -0.0193. The Hall–Kier alpha value is -0.450. The summed E-state index contributed by atoms with van der Waals surface area (Å²) in [6.07, 6.45) is 0.566. The SMILES string of the molecule is CCN(CC)C(C)(CC)C(O)Cc1ccc(Br)cc1F. The van der Waals surface area contributed by atoms with Crippen LogP contribution in [0, 0.1) is 5.82 Å². The highest BCUT2D eigenvalue weighted by atomic mass is 79.9. The number of aliphatic hydroxyl groups excluding tert-OH is 1. The second-order valence-electron chi connectivity index (χ2n) is 5.34. The zero-order valence-corrected chi connectivity index (χ0v) is 14.4. The van der Waals surface area contributed by atoms with Gasteiger partial charge in [-0.2, -0.15) is 0 Å². The Morgan fingerprint density at radius 2 is 1.90 bits per heavy atom. The van der Waals surface area contributed by atoms with Gasteiger partial charge in [-0.15, -0.1) is 0 Å². The Morgan fingerprint density at radius 3 is 2.35 bits per heavy atom. The van der Waals surface area contributed by atoms with Crippen LogP contribution in [0.15, 0.2) is 22.7 Å². The molecule has 0 aliphatic rings. The predicted molar refractivity (Wildman–Crippen MR) is 85.4 cm³/mol. The molecule has 0 aliphatic carbocycles. The minimum atomic E-state index is -0.594. The van der Waals surface area contributed by atoms with Gasteiger partial charge < -0.3 is 5.11 Å². The van der Waals surface area contributed by atoms with Crippen LogP contribution in [-0.2, 0) is 6.42 Å². The fraction of sp³-hybridized carbons (Fsp3) is 0.625. The van der Waals surface area contributed by atoms with Crippen LogP contribution in [0.2, 0.25) is 0 Å². The van der Waals surface area contributed by atoms with Gasteiger partial charge in [-0.1, -0.05) is 42.8 Å². The second kappa shape index (κ2) is 7.53. The van der Waals surface area contributed by atoms with E-state index >= 15 is 0 Å². The van der Waals surface area contributed by atoms with E-state index in [9.17, 15) is 9.50 Å². The van der Waals surface area contributed by atoms with Crippen LogP contribution in [-0.4, -0.2) is 34.7 Å². The quantitative estimate of drug-likeness (QED) is 0.807. The van der Waals surface area contributed by atoms with Crippen LogP contribution in [0.3, 0.4) is 0 Å². The van der Waals surface area contributed by atoms with E-state index in [1.165, 1.54) is 6.07 Å². The van der Waals surface area contributed by atoms with Crippen molar-refractivity contribution in [2.45, 2.75) is 52.2 Å². The Bertz CT molecular complexity index is 436. The third kappa shape index (κ3) is 3.80. The van der Waals surface area contributed by atoms with Crippen LogP contribution in [0.5, 0.6) is 0 Å². The molecule has 0 fully saturated rings. The molecule has 0 aliphatic heterocycles. The molecule has 0 heterocycles. The van der Waals surface area contributed by atoms with Crippen LogP contribution < -0.4 is 0 Å². The average Bonchev–Trinajstić information content (AvgIpc) is 2.42. The molecule has 20 heavy (non-hydrogen) atoms. The zero-order valence-electron chi connectivity index (χ0n) is 12.8. The molecule has 2 nitrogen and oxygen atoms in total. The van der Waals surface area contributed by atoms with E-state index in [4.69, 9.17) is 0 Å². The number of hydrogen-bond acceptors (Lipinski definition) is 2. The lowest BCUT2D eigenvalue weighted by atomic mass is 9.85. The van der Waals surface area contributed by atoms with Crippen LogP contribution in [0.4, 0.5) is 4.39 Å². The van der Waals surface area contributed by atoms with Crippen molar-refractivity contribution in [3.63, 3.8) is 0 Å². The van der Waals surface area contributed by atoms with Gasteiger partial charge in [0.05, 0.1) is 6.10 Å². The van der Waals surface area contributed by atoms with Crippen molar-refractivity contribution < 1.29 is 9.50 Å². The van der Waals surface area contributed by atoms with Gasteiger partial charge in [-0.25, -0.2) is 4.39 Å². The lowest BCUT2D eigenvalue weighted by Crippen LogP contribution is -2.55.